The second kappa shape index (κ2) is 6.05. The first kappa shape index (κ1) is 15.2. The van der Waals surface area contributed by atoms with Gasteiger partial charge >= 0.3 is 0 Å². The molecule has 0 aliphatic heterocycles. The van der Waals surface area contributed by atoms with E-state index in [1.54, 1.807) is 18.2 Å². The molecule has 112 valence electrons. The Morgan fingerprint density at radius 2 is 2.19 bits per heavy atom. The number of aromatic amines is 1. The van der Waals surface area contributed by atoms with Gasteiger partial charge in [0, 0.05) is 6.07 Å². The highest BCUT2D eigenvalue weighted by molar-refractivity contribution is 6.34. The number of H-pyrrole nitrogens is 1. The van der Waals surface area contributed by atoms with Crippen molar-refractivity contribution in [3.05, 3.63) is 34.6 Å². The van der Waals surface area contributed by atoms with Crippen molar-refractivity contribution in [2.45, 2.75) is 19.8 Å². The van der Waals surface area contributed by atoms with Crippen LogP contribution in [0.5, 0.6) is 5.75 Å². The molecule has 0 saturated carbocycles. The molecule has 0 atom stereocenters. The highest BCUT2D eigenvalue weighted by Crippen LogP contribution is 2.28. The van der Waals surface area contributed by atoms with Crippen molar-refractivity contribution in [2.75, 3.05) is 18.2 Å². The van der Waals surface area contributed by atoms with Gasteiger partial charge in [-0.25, -0.2) is 0 Å². The summed E-state index contributed by atoms with van der Waals surface area (Å²) in [7, 11) is 1.54. The third-order valence-electron chi connectivity index (χ3n) is 3.05. The molecule has 0 spiro atoms. The van der Waals surface area contributed by atoms with Crippen LogP contribution in [0.4, 0.5) is 11.4 Å². The summed E-state index contributed by atoms with van der Waals surface area (Å²) in [5, 5.41) is 9.84. The van der Waals surface area contributed by atoms with Gasteiger partial charge in [-0.2, -0.15) is 5.10 Å². The summed E-state index contributed by atoms with van der Waals surface area (Å²) in [5.41, 5.74) is 7.61. The molecule has 1 amide bonds. The van der Waals surface area contributed by atoms with E-state index in [2.05, 4.69) is 15.5 Å². The molecule has 21 heavy (non-hydrogen) atoms. The SMILES string of the molecule is COc1ccc(Cl)c(NC(=O)c2n[nH]c(C(C)C)c2N)c1. The van der Waals surface area contributed by atoms with Crippen molar-refractivity contribution >= 4 is 28.9 Å². The number of carbonyl (C=O) groups excluding carboxylic acids is 1. The van der Waals surface area contributed by atoms with Gasteiger partial charge in [-0.1, -0.05) is 25.4 Å². The Hall–Kier alpha value is -2.21. The number of anilines is 2. The van der Waals surface area contributed by atoms with E-state index in [-0.39, 0.29) is 11.6 Å². The molecule has 0 aliphatic carbocycles. The first-order chi connectivity index (χ1) is 9.93. The number of ether oxygens (including phenoxy) is 1. The van der Waals surface area contributed by atoms with Gasteiger partial charge in [0.2, 0.25) is 0 Å². The summed E-state index contributed by atoms with van der Waals surface area (Å²) in [6.07, 6.45) is 0. The molecule has 0 bridgehead atoms. The molecule has 7 heteroatoms. The Balaban J connectivity index is 2.26. The first-order valence-corrected chi connectivity index (χ1v) is 6.80. The van der Waals surface area contributed by atoms with Gasteiger partial charge in [-0.05, 0) is 18.1 Å². The number of halogens is 1. The lowest BCUT2D eigenvalue weighted by atomic mass is 10.1. The van der Waals surface area contributed by atoms with Crippen LogP contribution in [0.25, 0.3) is 0 Å². The largest absolute Gasteiger partial charge is 0.497 e. The smallest absolute Gasteiger partial charge is 0.278 e. The van der Waals surface area contributed by atoms with Crippen molar-refractivity contribution in [3.8, 4) is 5.75 Å². The van der Waals surface area contributed by atoms with Crippen LogP contribution in [0.3, 0.4) is 0 Å². The van der Waals surface area contributed by atoms with Crippen LogP contribution in [-0.4, -0.2) is 23.2 Å². The zero-order valence-electron chi connectivity index (χ0n) is 12.0. The molecule has 1 heterocycles. The summed E-state index contributed by atoms with van der Waals surface area (Å²) in [4.78, 5) is 12.2. The van der Waals surface area contributed by atoms with Crippen LogP contribution in [0.15, 0.2) is 18.2 Å². The topological polar surface area (TPSA) is 93.0 Å². The number of nitrogens with two attached hydrogens (primary N) is 1. The van der Waals surface area contributed by atoms with Crippen molar-refractivity contribution in [1.29, 1.82) is 0 Å². The summed E-state index contributed by atoms with van der Waals surface area (Å²) in [6, 6.07) is 4.98. The minimum atomic E-state index is -0.425. The predicted octanol–water partition coefficient (Wildman–Crippen LogP) is 3.03. The summed E-state index contributed by atoms with van der Waals surface area (Å²) in [6.45, 7) is 3.93. The van der Waals surface area contributed by atoms with Crippen molar-refractivity contribution in [2.24, 2.45) is 0 Å². The number of nitrogens with zero attached hydrogens (tertiary/aromatic N) is 1. The number of aromatic nitrogens is 2. The molecule has 0 unspecified atom stereocenters. The summed E-state index contributed by atoms with van der Waals surface area (Å²) in [5.74, 6) is 0.317. The van der Waals surface area contributed by atoms with Gasteiger partial charge in [-0.3, -0.25) is 9.89 Å². The molecule has 0 radical (unpaired) electrons. The maximum atomic E-state index is 12.2. The average Bonchev–Trinajstić information content (AvgIpc) is 2.83. The molecule has 0 aliphatic rings. The molecule has 6 nitrogen and oxygen atoms in total. The summed E-state index contributed by atoms with van der Waals surface area (Å²) >= 11 is 6.05. The van der Waals surface area contributed by atoms with Crippen molar-refractivity contribution < 1.29 is 9.53 Å². The number of hydrogen-bond acceptors (Lipinski definition) is 4. The Morgan fingerprint density at radius 1 is 1.48 bits per heavy atom. The lowest BCUT2D eigenvalue weighted by Crippen LogP contribution is -2.14. The fourth-order valence-electron chi connectivity index (χ4n) is 1.89. The number of nitrogen functional groups attached to an aromatic ring is 1. The quantitative estimate of drug-likeness (QED) is 0.809. The third kappa shape index (κ3) is 3.11. The molecule has 0 fully saturated rings. The normalized spacial score (nSPS) is 10.7. The van der Waals surface area contributed by atoms with Gasteiger partial charge in [0.25, 0.3) is 5.91 Å². The maximum Gasteiger partial charge on any atom is 0.278 e. The molecule has 0 saturated heterocycles. The number of amides is 1. The fraction of sp³-hybridized carbons (Fsp3) is 0.286. The molecule has 1 aromatic heterocycles. The molecule has 2 aromatic rings. The number of carbonyl (C=O) groups is 1. The van der Waals surface area contributed by atoms with E-state index in [1.165, 1.54) is 7.11 Å². The lowest BCUT2D eigenvalue weighted by Gasteiger charge is -2.08. The van der Waals surface area contributed by atoms with Crippen molar-refractivity contribution in [3.63, 3.8) is 0 Å². The summed E-state index contributed by atoms with van der Waals surface area (Å²) < 4.78 is 5.10. The Bertz CT molecular complexity index is 667. The predicted molar refractivity (Wildman–Crippen MR) is 83.0 cm³/mol. The Labute approximate surface area is 127 Å². The Kier molecular flexibility index (Phi) is 4.37. The number of benzene rings is 1. The highest BCUT2D eigenvalue weighted by Gasteiger charge is 2.19. The van der Waals surface area contributed by atoms with Crippen LogP contribution < -0.4 is 15.8 Å². The highest BCUT2D eigenvalue weighted by atomic mass is 35.5. The standard InChI is InChI=1S/C14H17ClN4O2/c1-7(2)12-11(16)13(19-18-12)14(20)17-10-6-8(21-3)4-5-9(10)15/h4-7H,16H2,1-3H3,(H,17,20)(H,18,19). The van der Waals surface area contributed by atoms with Gasteiger partial charge in [-0.15, -0.1) is 0 Å². The van der Waals surface area contributed by atoms with E-state index in [0.29, 0.717) is 22.1 Å². The van der Waals surface area contributed by atoms with Gasteiger partial charge in [0.15, 0.2) is 5.69 Å². The average molecular weight is 309 g/mol. The maximum absolute atomic E-state index is 12.2. The Morgan fingerprint density at radius 3 is 2.76 bits per heavy atom. The lowest BCUT2D eigenvalue weighted by molar-refractivity contribution is 0.102. The second-order valence-electron chi connectivity index (χ2n) is 4.85. The fourth-order valence-corrected chi connectivity index (χ4v) is 2.05. The molecular formula is C14H17ClN4O2. The van der Waals surface area contributed by atoms with E-state index in [1.807, 2.05) is 13.8 Å². The molecular weight excluding hydrogens is 292 g/mol. The van der Waals surface area contributed by atoms with E-state index in [9.17, 15) is 4.79 Å². The minimum Gasteiger partial charge on any atom is -0.497 e. The number of methoxy groups -OCH3 is 1. The first-order valence-electron chi connectivity index (χ1n) is 6.42. The number of nitrogens with one attached hydrogen (secondary N) is 2. The van der Waals surface area contributed by atoms with E-state index in [4.69, 9.17) is 22.1 Å². The second-order valence-corrected chi connectivity index (χ2v) is 5.26. The zero-order chi connectivity index (χ0) is 15.6. The molecule has 4 N–H and O–H groups in total. The van der Waals surface area contributed by atoms with Crippen molar-refractivity contribution in [1.82, 2.24) is 10.2 Å². The minimum absolute atomic E-state index is 0.151. The zero-order valence-corrected chi connectivity index (χ0v) is 12.8. The molecule has 2 rings (SSSR count). The van der Waals surface area contributed by atoms with Gasteiger partial charge in [0.05, 0.1) is 29.2 Å². The van der Waals surface area contributed by atoms with Crippen LogP contribution in [0, 0.1) is 0 Å². The van der Waals surface area contributed by atoms with Crippen LogP contribution in [0.2, 0.25) is 5.02 Å². The van der Waals surface area contributed by atoms with E-state index in [0.717, 1.165) is 5.69 Å². The van der Waals surface area contributed by atoms with Crippen LogP contribution >= 0.6 is 11.6 Å². The van der Waals surface area contributed by atoms with Gasteiger partial charge in [0.1, 0.15) is 5.75 Å². The number of rotatable bonds is 4. The monoisotopic (exact) mass is 308 g/mol. The van der Waals surface area contributed by atoms with Crippen LogP contribution in [0.1, 0.15) is 35.9 Å². The van der Waals surface area contributed by atoms with Crippen LogP contribution in [-0.2, 0) is 0 Å². The third-order valence-corrected chi connectivity index (χ3v) is 3.38. The number of hydrogen-bond donors (Lipinski definition) is 3. The van der Waals surface area contributed by atoms with Gasteiger partial charge < -0.3 is 15.8 Å². The van der Waals surface area contributed by atoms with E-state index >= 15 is 0 Å². The van der Waals surface area contributed by atoms with E-state index < -0.39 is 5.91 Å². The molecule has 1 aromatic carbocycles.